The Morgan fingerprint density at radius 2 is 1.79 bits per heavy atom. The van der Waals surface area contributed by atoms with Crippen molar-refractivity contribution < 1.29 is 9.59 Å². The van der Waals surface area contributed by atoms with E-state index in [1.54, 1.807) is 9.58 Å². The maximum Gasteiger partial charge on any atom is 0.247 e. The van der Waals surface area contributed by atoms with E-state index in [4.69, 9.17) is 0 Å². The minimum absolute atomic E-state index is 0.00125. The lowest BCUT2D eigenvalue weighted by Gasteiger charge is -2.33. The molecule has 0 aliphatic heterocycles. The van der Waals surface area contributed by atoms with Gasteiger partial charge in [-0.3, -0.25) is 9.59 Å². The fourth-order valence-electron chi connectivity index (χ4n) is 3.89. The molecule has 0 fully saturated rings. The molecule has 2 amide bonds. The van der Waals surface area contributed by atoms with Crippen LogP contribution in [-0.4, -0.2) is 43.8 Å². The normalized spacial score (nSPS) is 12.4. The first-order chi connectivity index (χ1) is 16.3. The molecular formula is C26H29N5O2S. The first-order valence-electron chi connectivity index (χ1n) is 11.3. The number of nitrogens with one attached hydrogen (secondary N) is 1. The van der Waals surface area contributed by atoms with Gasteiger partial charge in [0, 0.05) is 12.1 Å². The fourth-order valence-corrected chi connectivity index (χ4v) is 4.57. The number of hydrogen-bond donors (Lipinski definition) is 1. The summed E-state index contributed by atoms with van der Waals surface area (Å²) < 4.78 is 1.60. The fraction of sp³-hybridized carbons (Fsp3) is 0.308. The van der Waals surface area contributed by atoms with Crippen molar-refractivity contribution in [2.75, 3.05) is 6.54 Å². The first-order valence-corrected chi connectivity index (χ1v) is 12.2. The van der Waals surface area contributed by atoms with Gasteiger partial charge in [0.25, 0.3) is 0 Å². The maximum absolute atomic E-state index is 13.7. The molecule has 0 bridgehead atoms. The van der Waals surface area contributed by atoms with Gasteiger partial charge in [0.1, 0.15) is 18.1 Å². The van der Waals surface area contributed by atoms with E-state index in [1.807, 2.05) is 92.2 Å². The summed E-state index contributed by atoms with van der Waals surface area (Å²) >= 11 is 1.51. The number of amides is 2. The van der Waals surface area contributed by atoms with Crippen LogP contribution in [0.15, 0.2) is 71.4 Å². The Labute approximate surface area is 203 Å². The Morgan fingerprint density at radius 1 is 1.06 bits per heavy atom. The highest BCUT2D eigenvalue weighted by atomic mass is 32.1. The van der Waals surface area contributed by atoms with Crippen molar-refractivity contribution >= 4 is 34.2 Å². The number of carbonyl (C=O) groups excluding carboxylic acids is 2. The molecule has 34 heavy (non-hydrogen) atoms. The zero-order valence-corrected chi connectivity index (χ0v) is 20.5. The second-order valence-electron chi connectivity index (χ2n) is 9.26. The van der Waals surface area contributed by atoms with E-state index in [0.29, 0.717) is 13.0 Å². The number of nitrogens with zero attached hydrogens (tertiary/aromatic N) is 4. The van der Waals surface area contributed by atoms with E-state index in [-0.39, 0.29) is 18.4 Å². The van der Waals surface area contributed by atoms with Gasteiger partial charge in [-0.1, -0.05) is 47.7 Å². The first kappa shape index (κ1) is 23.6. The van der Waals surface area contributed by atoms with E-state index in [9.17, 15) is 9.59 Å². The molecule has 4 aromatic rings. The number of aromatic nitrogens is 3. The largest absolute Gasteiger partial charge is 0.349 e. The van der Waals surface area contributed by atoms with E-state index in [1.165, 1.54) is 11.3 Å². The Bertz CT molecular complexity index is 1250. The van der Waals surface area contributed by atoms with Crippen LogP contribution >= 0.6 is 11.3 Å². The second-order valence-corrected chi connectivity index (χ2v) is 10.0. The average Bonchev–Trinajstić information content (AvgIpc) is 3.46. The number of fused-ring (bicyclic) bond motifs is 1. The molecule has 176 valence electrons. The molecule has 2 aromatic carbocycles. The zero-order valence-electron chi connectivity index (χ0n) is 19.6. The van der Waals surface area contributed by atoms with Crippen LogP contribution in [-0.2, 0) is 22.6 Å². The van der Waals surface area contributed by atoms with Gasteiger partial charge < -0.3 is 10.2 Å². The van der Waals surface area contributed by atoms with Crippen molar-refractivity contribution in [3.05, 3.63) is 82.6 Å². The van der Waals surface area contributed by atoms with Crippen molar-refractivity contribution in [3.63, 3.8) is 0 Å². The summed E-state index contributed by atoms with van der Waals surface area (Å²) in [6, 6.07) is 18.7. The van der Waals surface area contributed by atoms with Crippen molar-refractivity contribution in [1.82, 2.24) is 25.2 Å². The summed E-state index contributed by atoms with van der Waals surface area (Å²) in [5, 5.41) is 15.3. The molecule has 1 N–H and O–H groups in total. The second kappa shape index (κ2) is 10.2. The topological polar surface area (TPSA) is 80.1 Å². The summed E-state index contributed by atoms with van der Waals surface area (Å²) in [7, 11) is 0. The van der Waals surface area contributed by atoms with Crippen LogP contribution in [0.5, 0.6) is 0 Å². The van der Waals surface area contributed by atoms with Crippen molar-refractivity contribution in [1.29, 1.82) is 0 Å². The number of thiophene rings is 1. The summed E-state index contributed by atoms with van der Waals surface area (Å²) in [6.45, 7) is 6.21. The molecule has 1 unspecified atom stereocenters. The zero-order chi connectivity index (χ0) is 24.1. The van der Waals surface area contributed by atoms with Crippen molar-refractivity contribution in [2.24, 2.45) is 0 Å². The predicted molar refractivity (Wildman–Crippen MR) is 134 cm³/mol. The lowest BCUT2D eigenvalue weighted by atomic mass is 10.0. The van der Waals surface area contributed by atoms with E-state index < -0.39 is 11.6 Å². The Morgan fingerprint density at radius 3 is 2.50 bits per heavy atom. The lowest BCUT2D eigenvalue weighted by Crippen LogP contribution is -2.50. The third-order valence-corrected chi connectivity index (χ3v) is 6.13. The molecule has 4 rings (SSSR count). The minimum atomic E-state index is -0.739. The third kappa shape index (κ3) is 5.69. The lowest BCUT2D eigenvalue weighted by molar-refractivity contribution is -0.142. The molecule has 0 spiro atoms. The molecule has 7 nitrogen and oxygen atoms in total. The van der Waals surface area contributed by atoms with E-state index >= 15 is 0 Å². The number of benzene rings is 2. The quantitative estimate of drug-likeness (QED) is 0.414. The number of carbonyl (C=O) groups is 2. The van der Waals surface area contributed by atoms with Gasteiger partial charge in [-0.15, -0.1) is 5.10 Å². The molecule has 2 aromatic heterocycles. The predicted octanol–water partition coefficient (Wildman–Crippen LogP) is 4.22. The van der Waals surface area contributed by atoms with Crippen molar-refractivity contribution in [3.8, 4) is 0 Å². The molecular weight excluding hydrogens is 446 g/mol. The summed E-state index contributed by atoms with van der Waals surface area (Å²) in [4.78, 5) is 28.9. The van der Waals surface area contributed by atoms with Gasteiger partial charge in [-0.25, -0.2) is 4.68 Å². The SMILES string of the molecule is CC(C)(C)NC(=O)C(c1ccsc1)N(CCc1ccccc1)C(=O)Cn1nnc2ccccc21. The molecule has 2 heterocycles. The minimum Gasteiger partial charge on any atom is -0.349 e. The third-order valence-electron chi connectivity index (χ3n) is 5.43. The summed E-state index contributed by atoms with van der Waals surface area (Å²) in [6.07, 6.45) is 0.633. The molecule has 8 heteroatoms. The monoisotopic (exact) mass is 475 g/mol. The van der Waals surface area contributed by atoms with Crippen LogP contribution in [0.25, 0.3) is 11.0 Å². The van der Waals surface area contributed by atoms with Crippen LogP contribution in [0.4, 0.5) is 0 Å². The standard InChI is InChI=1S/C26H29N5O2S/c1-26(2,3)27-25(33)24(20-14-16-34-18-20)30(15-13-19-9-5-4-6-10-19)23(32)17-31-22-12-8-7-11-21(22)28-29-31/h4-12,14,16,18,24H,13,15,17H2,1-3H3,(H,27,33). The summed E-state index contributed by atoms with van der Waals surface area (Å²) in [5.74, 6) is -0.386. The number of rotatable bonds is 8. The Kier molecular flexibility index (Phi) is 7.07. The Hall–Kier alpha value is -3.52. The number of hydrogen-bond acceptors (Lipinski definition) is 5. The van der Waals surface area contributed by atoms with E-state index in [2.05, 4.69) is 15.6 Å². The average molecular weight is 476 g/mol. The van der Waals surface area contributed by atoms with Gasteiger partial charge >= 0.3 is 0 Å². The van der Waals surface area contributed by atoms with Crippen LogP contribution in [0, 0.1) is 0 Å². The smallest absolute Gasteiger partial charge is 0.247 e. The van der Waals surface area contributed by atoms with Gasteiger partial charge in [0.05, 0.1) is 5.52 Å². The molecule has 0 aliphatic carbocycles. The number of para-hydroxylation sites is 1. The molecule has 1 atom stereocenters. The highest BCUT2D eigenvalue weighted by Gasteiger charge is 2.33. The highest BCUT2D eigenvalue weighted by Crippen LogP contribution is 2.26. The molecule has 0 aliphatic rings. The van der Waals surface area contributed by atoms with Crippen molar-refractivity contribution in [2.45, 2.75) is 45.3 Å². The molecule has 0 saturated carbocycles. The summed E-state index contributed by atoms with van der Waals surface area (Å²) in [5.41, 5.74) is 2.99. The highest BCUT2D eigenvalue weighted by molar-refractivity contribution is 7.08. The Balaban J connectivity index is 1.67. The van der Waals surface area contributed by atoms with E-state index in [0.717, 1.165) is 22.2 Å². The van der Waals surface area contributed by atoms with Crippen LogP contribution in [0.3, 0.4) is 0 Å². The van der Waals surface area contributed by atoms with Gasteiger partial charge in [0.2, 0.25) is 11.8 Å². The van der Waals surface area contributed by atoms with Gasteiger partial charge in [0.15, 0.2) is 0 Å². The van der Waals surface area contributed by atoms with Crippen LogP contribution < -0.4 is 5.32 Å². The molecule has 0 radical (unpaired) electrons. The maximum atomic E-state index is 13.7. The van der Waals surface area contributed by atoms with Gasteiger partial charge in [-0.2, -0.15) is 11.3 Å². The molecule has 0 saturated heterocycles. The van der Waals surface area contributed by atoms with Crippen LogP contribution in [0.1, 0.15) is 37.9 Å². The van der Waals surface area contributed by atoms with Crippen LogP contribution in [0.2, 0.25) is 0 Å². The van der Waals surface area contributed by atoms with Gasteiger partial charge in [-0.05, 0) is 67.3 Å².